The molecule has 4 rings (SSSR count). The van der Waals surface area contributed by atoms with Crippen molar-refractivity contribution in [3.8, 4) is 11.4 Å². The van der Waals surface area contributed by atoms with Gasteiger partial charge in [-0.1, -0.05) is 66.7 Å². The van der Waals surface area contributed by atoms with Crippen molar-refractivity contribution in [2.24, 2.45) is 0 Å². The summed E-state index contributed by atoms with van der Waals surface area (Å²) in [6.07, 6.45) is -0.682. The van der Waals surface area contributed by atoms with Gasteiger partial charge in [0.25, 0.3) is 0 Å². The fourth-order valence-electron chi connectivity index (χ4n) is 3.03. The summed E-state index contributed by atoms with van der Waals surface area (Å²) in [5.74, 6) is 0.740. The number of fused-ring (bicyclic) bond motifs is 1. The maximum Gasteiger partial charge on any atom is 0.176 e. The highest BCUT2D eigenvalue weighted by atomic mass is 16.6. The molecule has 0 bridgehead atoms. The molecule has 4 aromatic rings. The SMILES string of the molecule is COn1c(-c2ccccc2)nc2cc(C(O)c3ccccc3)ccc21. The van der Waals surface area contributed by atoms with Crippen LogP contribution in [0.5, 0.6) is 0 Å². The third-order valence-corrected chi connectivity index (χ3v) is 4.28. The molecule has 0 radical (unpaired) electrons. The van der Waals surface area contributed by atoms with Crippen LogP contribution in [0, 0.1) is 0 Å². The second-order valence-corrected chi connectivity index (χ2v) is 5.84. The summed E-state index contributed by atoms with van der Waals surface area (Å²) >= 11 is 0. The molecule has 0 fully saturated rings. The van der Waals surface area contributed by atoms with E-state index in [-0.39, 0.29) is 0 Å². The Morgan fingerprint density at radius 1 is 0.880 bits per heavy atom. The van der Waals surface area contributed by atoms with Crippen molar-refractivity contribution in [2.75, 3.05) is 7.11 Å². The first kappa shape index (κ1) is 15.4. The average Bonchev–Trinajstić information content (AvgIpc) is 3.06. The average molecular weight is 330 g/mol. The second-order valence-electron chi connectivity index (χ2n) is 5.84. The van der Waals surface area contributed by atoms with Crippen LogP contribution in [-0.2, 0) is 0 Å². The summed E-state index contributed by atoms with van der Waals surface area (Å²) in [7, 11) is 1.63. The maximum atomic E-state index is 10.6. The first-order valence-corrected chi connectivity index (χ1v) is 8.13. The van der Waals surface area contributed by atoms with Gasteiger partial charge >= 0.3 is 0 Å². The van der Waals surface area contributed by atoms with E-state index in [0.717, 1.165) is 33.5 Å². The summed E-state index contributed by atoms with van der Waals surface area (Å²) in [4.78, 5) is 10.2. The van der Waals surface area contributed by atoms with E-state index in [1.807, 2.05) is 78.9 Å². The number of benzene rings is 3. The molecular formula is C21H18N2O2. The number of hydrogen-bond acceptors (Lipinski definition) is 3. The summed E-state index contributed by atoms with van der Waals surface area (Å²) in [6, 6.07) is 25.3. The molecule has 4 heteroatoms. The van der Waals surface area contributed by atoms with E-state index in [9.17, 15) is 5.11 Å². The van der Waals surface area contributed by atoms with Crippen molar-refractivity contribution in [1.82, 2.24) is 9.71 Å². The molecule has 1 aromatic heterocycles. The minimum absolute atomic E-state index is 0.682. The van der Waals surface area contributed by atoms with Gasteiger partial charge < -0.3 is 9.94 Å². The van der Waals surface area contributed by atoms with Crippen molar-refractivity contribution >= 4 is 11.0 Å². The van der Waals surface area contributed by atoms with Gasteiger partial charge in [0.15, 0.2) is 5.82 Å². The number of rotatable bonds is 4. The third-order valence-electron chi connectivity index (χ3n) is 4.28. The van der Waals surface area contributed by atoms with Crippen LogP contribution < -0.4 is 4.84 Å². The van der Waals surface area contributed by atoms with Crippen molar-refractivity contribution < 1.29 is 9.94 Å². The van der Waals surface area contributed by atoms with Crippen LogP contribution in [0.2, 0.25) is 0 Å². The van der Waals surface area contributed by atoms with Crippen molar-refractivity contribution in [3.05, 3.63) is 90.0 Å². The van der Waals surface area contributed by atoms with Gasteiger partial charge in [0.2, 0.25) is 0 Å². The molecule has 3 aromatic carbocycles. The summed E-state index contributed by atoms with van der Waals surface area (Å²) < 4.78 is 1.71. The Labute approximate surface area is 145 Å². The first-order chi connectivity index (χ1) is 12.3. The van der Waals surface area contributed by atoms with Crippen molar-refractivity contribution in [1.29, 1.82) is 0 Å². The fraction of sp³-hybridized carbons (Fsp3) is 0.0952. The molecule has 0 aliphatic heterocycles. The molecule has 0 aliphatic rings. The Morgan fingerprint density at radius 3 is 2.24 bits per heavy atom. The lowest BCUT2D eigenvalue weighted by Gasteiger charge is -2.11. The van der Waals surface area contributed by atoms with Crippen LogP contribution in [0.25, 0.3) is 22.4 Å². The van der Waals surface area contributed by atoms with Gasteiger partial charge in [-0.3, -0.25) is 0 Å². The zero-order chi connectivity index (χ0) is 17.2. The van der Waals surface area contributed by atoms with Gasteiger partial charge in [-0.2, -0.15) is 4.73 Å². The van der Waals surface area contributed by atoms with Crippen LogP contribution in [-0.4, -0.2) is 21.9 Å². The van der Waals surface area contributed by atoms with Crippen LogP contribution in [0.4, 0.5) is 0 Å². The Morgan fingerprint density at radius 2 is 1.56 bits per heavy atom. The van der Waals surface area contributed by atoms with Crippen LogP contribution in [0.1, 0.15) is 17.2 Å². The fourth-order valence-corrected chi connectivity index (χ4v) is 3.03. The monoisotopic (exact) mass is 330 g/mol. The van der Waals surface area contributed by atoms with E-state index < -0.39 is 6.10 Å². The van der Waals surface area contributed by atoms with E-state index in [0.29, 0.717) is 0 Å². The Kier molecular flexibility index (Phi) is 3.96. The quantitative estimate of drug-likeness (QED) is 0.618. The van der Waals surface area contributed by atoms with E-state index in [1.165, 1.54) is 0 Å². The number of nitrogens with zero attached hydrogens (tertiary/aromatic N) is 2. The number of aliphatic hydroxyl groups is 1. The van der Waals surface area contributed by atoms with E-state index in [1.54, 1.807) is 11.8 Å². The molecule has 0 spiro atoms. The summed E-state index contributed by atoms with van der Waals surface area (Å²) in [5.41, 5.74) is 4.29. The predicted molar refractivity (Wildman–Crippen MR) is 98.2 cm³/mol. The normalized spacial score (nSPS) is 12.2. The number of imidazole rings is 1. The number of aliphatic hydroxyl groups excluding tert-OH is 1. The first-order valence-electron chi connectivity index (χ1n) is 8.13. The largest absolute Gasteiger partial charge is 0.415 e. The minimum atomic E-state index is -0.682. The number of hydrogen-bond donors (Lipinski definition) is 1. The summed E-state index contributed by atoms with van der Waals surface area (Å²) in [6.45, 7) is 0. The molecule has 1 N–H and O–H groups in total. The van der Waals surface area contributed by atoms with E-state index in [4.69, 9.17) is 9.82 Å². The topological polar surface area (TPSA) is 47.3 Å². The second kappa shape index (κ2) is 6.42. The highest BCUT2D eigenvalue weighted by Gasteiger charge is 2.16. The molecule has 0 saturated heterocycles. The Hall–Kier alpha value is -3.11. The van der Waals surface area contributed by atoms with Crippen molar-refractivity contribution in [2.45, 2.75) is 6.10 Å². The molecule has 1 unspecified atom stereocenters. The molecule has 0 saturated carbocycles. The van der Waals surface area contributed by atoms with Gasteiger partial charge in [0.05, 0.1) is 5.52 Å². The lowest BCUT2D eigenvalue weighted by atomic mass is 10.0. The highest BCUT2D eigenvalue weighted by molar-refractivity contribution is 5.81. The van der Waals surface area contributed by atoms with Crippen molar-refractivity contribution in [3.63, 3.8) is 0 Å². The third kappa shape index (κ3) is 2.77. The zero-order valence-electron chi connectivity index (χ0n) is 13.8. The molecule has 124 valence electrons. The van der Waals surface area contributed by atoms with Gasteiger partial charge in [-0.15, -0.1) is 0 Å². The highest BCUT2D eigenvalue weighted by Crippen LogP contribution is 2.28. The standard InChI is InChI=1S/C21H18N2O2/c1-25-23-19-13-12-17(20(24)15-8-4-2-5-9-15)14-18(19)22-21(23)16-10-6-3-7-11-16/h2-14,20,24H,1H3. The van der Waals surface area contributed by atoms with Crippen LogP contribution in [0.3, 0.4) is 0 Å². The predicted octanol–water partition coefficient (Wildman–Crippen LogP) is 3.84. The zero-order valence-corrected chi connectivity index (χ0v) is 13.8. The van der Waals surface area contributed by atoms with Gasteiger partial charge in [0, 0.05) is 5.56 Å². The molecule has 0 amide bonds. The van der Waals surface area contributed by atoms with Gasteiger partial charge in [0.1, 0.15) is 18.7 Å². The lowest BCUT2D eigenvalue weighted by molar-refractivity contribution is 0.182. The van der Waals surface area contributed by atoms with E-state index in [2.05, 4.69) is 0 Å². The van der Waals surface area contributed by atoms with E-state index >= 15 is 0 Å². The molecular weight excluding hydrogens is 312 g/mol. The maximum absolute atomic E-state index is 10.6. The molecule has 0 aliphatic carbocycles. The Balaban J connectivity index is 1.82. The molecule has 4 nitrogen and oxygen atoms in total. The smallest absolute Gasteiger partial charge is 0.176 e. The summed E-state index contributed by atoms with van der Waals surface area (Å²) in [5, 5.41) is 10.6. The van der Waals surface area contributed by atoms with Gasteiger partial charge in [-0.05, 0) is 23.3 Å². The minimum Gasteiger partial charge on any atom is -0.415 e. The molecule has 1 heterocycles. The van der Waals surface area contributed by atoms with Gasteiger partial charge in [-0.25, -0.2) is 4.98 Å². The lowest BCUT2D eigenvalue weighted by Crippen LogP contribution is -2.07. The molecule has 25 heavy (non-hydrogen) atoms. The Bertz CT molecular complexity index is 995. The number of aromatic nitrogens is 2. The molecule has 1 atom stereocenters. The van der Waals surface area contributed by atoms with Crippen LogP contribution in [0.15, 0.2) is 78.9 Å². The van der Waals surface area contributed by atoms with Crippen LogP contribution >= 0.6 is 0 Å².